The van der Waals surface area contributed by atoms with Crippen LogP contribution in [-0.4, -0.2) is 6.04 Å². The van der Waals surface area contributed by atoms with Gasteiger partial charge in [-0.25, -0.2) is 0 Å². The van der Waals surface area contributed by atoms with E-state index in [0.29, 0.717) is 12.1 Å². The van der Waals surface area contributed by atoms with E-state index < -0.39 is 0 Å². The van der Waals surface area contributed by atoms with E-state index in [4.69, 9.17) is 11.6 Å². The number of halogens is 1. The van der Waals surface area contributed by atoms with Gasteiger partial charge in [-0.3, -0.25) is 0 Å². The molecule has 0 aliphatic heterocycles. The van der Waals surface area contributed by atoms with Gasteiger partial charge in [0, 0.05) is 17.1 Å². The van der Waals surface area contributed by atoms with Crippen molar-refractivity contribution in [3.05, 3.63) is 34.3 Å². The predicted molar refractivity (Wildman–Crippen MR) is 77.1 cm³/mol. The molecule has 2 aliphatic carbocycles. The summed E-state index contributed by atoms with van der Waals surface area (Å²) in [6.07, 6.45) is 8.07. The van der Waals surface area contributed by atoms with Gasteiger partial charge in [-0.05, 0) is 61.8 Å². The van der Waals surface area contributed by atoms with Crippen molar-refractivity contribution >= 4 is 11.6 Å². The maximum Gasteiger partial charge on any atom is 0.0408 e. The first-order chi connectivity index (χ1) is 8.74. The Balaban J connectivity index is 1.68. The highest BCUT2D eigenvalue weighted by Gasteiger charge is 2.27. The van der Waals surface area contributed by atoms with E-state index in [0.717, 1.165) is 10.9 Å². The van der Waals surface area contributed by atoms with Gasteiger partial charge < -0.3 is 5.32 Å². The van der Waals surface area contributed by atoms with Crippen molar-refractivity contribution in [1.82, 2.24) is 5.32 Å². The van der Waals surface area contributed by atoms with Crippen molar-refractivity contribution in [2.45, 2.75) is 57.5 Å². The average molecular weight is 264 g/mol. The van der Waals surface area contributed by atoms with Crippen molar-refractivity contribution < 1.29 is 0 Å². The molecule has 0 heterocycles. The lowest BCUT2D eigenvalue weighted by Crippen LogP contribution is -2.34. The zero-order chi connectivity index (χ0) is 12.5. The van der Waals surface area contributed by atoms with Gasteiger partial charge in [-0.2, -0.15) is 0 Å². The summed E-state index contributed by atoms with van der Waals surface area (Å²) < 4.78 is 0. The molecule has 18 heavy (non-hydrogen) atoms. The minimum absolute atomic E-state index is 0.549. The van der Waals surface area contributed by atoms with Gasteiger partial charge in [0.15, 0.2) is 0 Å². The first kappa shape index (κ1) is 12.5. The Morgan fingerprint density at radius 3 is 2.78 bits per heavy atom. The van der Waals surface area contributed by atoms with E-state index in [1.54, 1.807) is 0 Å². The van der Waals surface area contributed by atoms with Gasteiger partial charge in [0.2, 0.25) is 0 Å². The van der Waals surface area contributed by atoms with Crippen LogP contribution in [0.1, 0.15) is 56.2 Å². The van der Waals surface area contributed by atoms with Crippen molar-refractivity contribution in [2.24, 2.45) is 5.92 Å². The molecular weight excluding hydrogens is 242 g/mol. The van der Waals surface area contributed by atoms with Crippen LogP contribution in [0.25, 0.3) is 0 Å². The van der Waals surface area contributed by atoms with Gasteiger partial charge in [-0.15, -0.1) is 0 Å². The fourth-order valence-electron chi connectivity index (χ4n) is 3.67. The Kier molecular flexibility index (Phi) is 3.63. The zero-order valence-electron chi connectivity index (χ0n) is 11.1. The molecule has 0 bridgehead atoms. The third kappa shape index (κ3) is 2.44. The van der Waals surface area contributed by atoms with Crippen LogP contribution in [0.5, 0.6) is 0 Å². The molecule has 0 spiro atoms. The second kappa shape index (κ2) is 5.22. The van der Waals surface area contributed by atoms with Crippen LogP contribution < -0.4 is 5.32 Å². The van der Waals surface area contributed by atoms with Crippen molar-refractivity contribution in [3.8, 4) is 0 Å². The molecule has 1 fully saturated rings. The standard InChI is InChI=1S/C16H22ClN/c1-11(12-4-2-3-5-12)18-16-9-6-13-10-14(17)7-8-15(13)16/h7-8,10-12,16,18H,2-6,9H2,1H3/t11-,16?/m0/s1. The highest BCUT2D eigenvalue weighted by Crippen LogP contribution is 2.35. The van der Waals surface area contributed by atoms with Crippen LogP contribution in [0.2, 0.25) is 5.02 Å². The molecule has 3 rings (SSSR count). The number of fused-ring (bicyclic) bond motifs is 1. The summed E-state index contributed by atoms with van der Waals surface area (Å²) >= 11 is 6.06. The number of benzene rings is 1. The Bertz CT molecular complexity index is 423. The molecule has 1 aromatic carbocycles. The number of aryl methyl sites for hydroxylation is 1. The largest absolute Gasteiger partial charge is 0.307 e. The van der Waals surface area contributed by atoms with E-state index in [1.165, 1.54) is 49.7 Å². The molecule has 0 amide bonds. The summed E-state index contributed by atoms with van der Waals surface area (Å²) in [5, 5.41) is 4.73. The van der Waals surface area contributed by atoms with Crippen LogP contribution in [0.4, 0.5) is 0 Å². The Labute approximate surface area is 115 Å². The smallest absolute Gasteiger partial charge is 0.0408 e. The second-order valence-corrected chi connectivity index (χ2v) is 6.37. The first-order valence-electron chi connectivity index (χ1n) is 7.28. The summed E-state index contributed by atoms with van der Waals surface area (Å²) in [6, 6.07) is 7.58. The third-order valence-electron chi connectivity index (χ3n) is 4.75. The third-order valence-corrected chi connectivity index (χ3v) is 4.99. The molecule has 0 saturated heterocycles. The monoisotopic (exact) mass is 263 g/mol. The maximum atomic E-state index is 6.06. The minimum atomic E-state index is 0.549. The van der Waals surface area contributed by atoms with Crippen LogP contribution in [0.3, 0.4) is 0 Å². The van der Waals surface area contributed by atoms with Crippen molar-refractivity contribution in [1.29, 1.82) is 0 Å². The summed E-state index contributed by atoms with van der Waals surface area (Å²) in [5.41, 5.74) is 2.92. The van der Waals surface area contributed by atoms with Crippen molar-refractivity contribution in [3.63, 3.8) is 0 Å². The van der Waals surface area contributed by atoms with E-state index >= 15 is 0 Å². The van der Waals surface area contributed by atoms with Gasteiger partial charge in [0.1, 0.15) is 0 Å². The molecule has 1 aromatic rings. The number of rotatable bonds is 3. The van der Waals surface area contributed by atoms with E-state index in [1.807, 2.05) is 6.07 Å². The molecule has 2 heteroatoms. The van der Waals surface area contributed by atoms with Crippen LogP contribution >= 0.6 is 11.6 Å². The molecule has 1 saturated carbocycles. The minimum Gasteiger partial charge on any atom is -0.307 e. The molecule has 1 unspecified atom stereocenters. The highest BCUT2D eigenvalue weighted by atomic mass is 35.5. The lowest BCUT2D eigenvalue weighted by molar-refractivity contribution is 0.342. The highest BCUT2D eigenvalue weighted by molar-refractivity contribution is 6.30. The summed E-state index contributed by atoms with van der Waals surface area (Å²) in [5.74, 6) is 0.890. The fourth-order valence-corrected chi connectivity index (χ4v) is 3.86. The molecule has 2 aliphatic rings. The normalized spacial score (nSPS) is 25.3. The molecule has 0 aromatic heterocycles. The lowest BCUT2D eigenvalue weighted by atomic mass is 9.98. The van der Waals surface area contributed by atoms with Gasteiger partial charge >= 0.3 is 0 Å². The first-order valence-corrected chi connectivity index (χ1v) is 7.66. The molecule has 98 valence electrons. The summed E-state index contributed by atoms with van der Waals surface area (Å²) in [6.45, 7) is 2.36. The lowest BCUT2D eigenvalue weighted by Gasteiger charge is -2.25. The predicted octanol–water partition coefficient (Wildman–Crippen LogP) is 4.50. The molecule has 1 N–H and O–H groups in total. The molecule has 2 atom stereocenters. The molecule has 1 nitrogen and oxygen atoms in total. The molecule has 0 radical (unpaired) electrons. The van der Waals surface area contributed by atoms with E-state index in [9.17, 15) is 0 Å². The van der Waals surface area contributed by atoms with Crippen molar-refractivity contribution in [2.75, 3.05) is 0 Å². The maximum absolute atomic E-state index is 6.06. The van der Waals surface area contributed by atoms with Crippen LogP contribution in [0, 0.1) is 5.92 Å². The van der Waals surface area contributed by atoms with Gasteiger partial charge in [-0.1, -0.05) is 30.5 Å². The average Bonchev–Trinajstić information content (AvgIpc) is 2.98. The Hall–Kier alpha value is -0.530. The number of hydrogen-bond acceptors (Lipinski definition) is 1. The summed E-state index contributed by atoms with van der Waals surface area (Å²) in [4.78, 5) is 0. The zero-order valence-corrected chi connectivity index (χ0v) is 11.8. The Morgan fingerprint density at radius 2 is 2.00 bits per heavy atom. The van der Waals surface area contributed by atoms with E-state index in [-0.39, 0.29) is 0 Å². The number of nitrogens with one attached hydrogen (secondary N) is 1. The molecular formula is C16H22ClN. The summed E-state index contributed by atoms with van der Waals surface area (Å²) in [7, 11) is 0. The van der Waals surface area contributed by atoms with Gasteiger partial charge in [0.05, 0.1) is 0 Å². The topological polar surface area (TPSA) is 12.0 Å². The van der Waals surface area contributed by atoms with Gasteiger partial charge in [0.25, 0.3) is 0 Å². The van der Waals surface area contributed by atoms with Crippen LogP contribution in [0.15, 0.2) is 18.2 Å². The fraction of sp³-hybridized carbons (Fsp3) is 0.625. The SMILES string of the molecule is C[C@H](NC1CCc2cc(Cl)ccc21)C1CCCC1. The van der Waals surface area contributed by atoms with Crippen LogP contribution in [-0.2, 0) is 6.42 Å². The van der Waals surface area contributed by atoms with E-state index in [2.05, 4.69) is 24.4 Å². The number of hydrogen-bond donors (Lipinski definition) is 1. The second-order valence-electron chi connectivity index (χ2n) is 5.93. The quantitative estimate of drug-likeness (QED) is 0.847. The Morgan fingerprint density at radius 1 is 1.22 bits per heavy atom.